The van der Waals surface area contributed by atoms with Gasteiger partial charge >= 0.3 is 13.6 Å². The fraction of sp³-hybridized carbons (Fsp3) is 0.250. The summed E-state index contributed by atoms with van der Waals surface area (Å²) in [4.78, 5) is 36.3. The molecule has 4 N–H and O–H groups in total. The van der Waals surface area contributed by atoms with Crippen LogP contribution < -0.4 is 10.4 Å². The molecule has 12 nitrogen and oxygen atoms in total. The lowest BCUT2D eigenvalue weighted by atomic mass is 10.2. The van der Waals surface area contributed by atoms with Crippen LogP contribution in [0.1, 0.15) is 18.3 Å². The monoisotopic (exact) mass is 370 g/mol. The SMILES string of the molecule is CCOC(=O)NC(c1ccccc1[N+](=O)[O-])P(=O)(O)Nc1ncn[nH]1. The second kappa shape index (κ2) is 7.73. The third kappa shape index (κ3) is 4.52. The molecular formula is C12H15N6O6P. The first-order chi connectivity index (χ1) is 11.8. The number of hydrogen-bond acceptors (Lipinski definition) is 7. The summed E-state index contributed by atoms with van der Waals surface area (Å²) in [6.45, 7) is 1.56. The number of carbonyl (C=O) groups excluding carboxylic acids is 1. The van der Waals surface area contributed by atoms with Gasteiger partial charge in [0.25, 0.3) is 5.69 Å². The van der Waals surface area contributed by atoms with Gasteiger partial charge in [-0.2, -0.15) is 10.1 Å². The fourth-order valence-electron chi connectivity index (χ4n) is 2.00. The Kier molecular flexibility index (Phi) is 5.67. The Bertz CT molecular complexity index is 797. The molecule has 0 aliphatic heterocycles. The maximum atomic E-state index is 12.8. The molecule has 2 rings (SSSR count). The molecule has 25 heavy (non-hydrogen) atoms. The van der Waals surface area contributed by atoms with Crippen LogP contribution >= 0.6 is 7.52 Å². The second-order valence-electron chi connectivity index (χ2n) is 4.65. The summed E-state index contributed by atoms with van der Waals surface area (Å²) in [6, 6.07) is 5.26. The van der Waals surface area contributed by atoms with Crippen LogP contribution in [0.25, 0.3) is 0 Å². The smallest absolute Gasteiger partial charge is 0.408 e. The van der Waals surface area contributed by atoms with Crippen LogP contribution in [0.3, 0.4) is 0 Å². The van der Waals surface area contributed by atoms with Gasteiger partial charge in [0, 0.05) is 6.07 Å². The van der Waals surface area contributed by atoms with E-state index < -0.39 is 30.0 Å². The summed E-state index contributed by atoms with van der Waals surface area (Å²) < 4.78 is 17.5. The molecule has 0 aliphatic rings. The number of ether oxygens (including phenoxy) is 1. The molecule has 2 unspecified atom stereocenters. The molecule has 0 radical (unpaired) electrons. The molecule has 0 saturated heterocycles. The molecule has 0 bridgehead atoms. The Morgan fingerprint density at radius 1 is 1.52 bits per heavy atom. The van der Waals surface area contributed by atoms with Gasteiger partial charge < -0.3 is 14.9 Å². The van der Waals surface area contributed by atoms with Crippen molar-refractivity contribution in [1.82, 2.24) is 20.5 Å². The summed E-state index contributed by atoms with van der Waals surface area (Å²) >= 11 is 0. The molecule has 1 aromatic heterocycles. The van der Waals surface area contributed by atoms with Crippen LogP contribution in [-0.4, -0.2) is 37.7 Å². The number of amides is 1. The van der Waals surface area contributed by atoms with Crippen LogP contribution in [0.2, 0.25) is 0 Å². The van der Waals surface area contributed by atoms with Crippen molar-refractivity contribution in [3.8, 4) is 0 Å². The van der Waals surface area contributed by atoms with E-state index in [0.29, 0.717) is 0 Å². The first-order valence-electron chi connectivity index (χ1n) is 6.98. The molecule has 1 amide bonds. The third-order valence-electron chi connectivity index (χ3n) is 2.99. The molecule has 2 atom stereocenters. The third-order valence-corrected chi connectivity index (χ3v) is 4.63. The lowest BCUT2D eigenvalue weighted by molar-refractivity contribution is -0.385. The number of H-pyrrole nitrogens is 1. The number of aromatic amines is 1. The minimum absolute atomic E-state index is 0.0146. The fourth-order valence-corrected chi connectivity index (χ4v) is 3.41. The number of nitrogens with one attached hydrogen (secondary N) is 3. The zero-order valence-electron chi connectivity index (χ0n) is 12.9. The van der Waals surface area contributed by atoms with E-state index in [2.05, 4.69) is 25.6 Å². The minimum Gasteiger partial charge on any atom is -0.450 e. The van der Waals surface area contributed by atoms with Crippen molar-refractivity contribution >= 4 is 25.2 Å². The highest BCUT2D eigenvalue weighted by molar-refractivity contribution is 7.59. The van der Waals surface area contributed by atoms with Crippen molar-refractivity contribution in [3.63, 3.8) is 0 Å². The lowest BCUT2D eigenvalue weighted by Crippen LogP contribution is -2.31. The Morgan fingerprint density at radius 2 is 2.24 bits per heavy atom. The summed E-state index contributed by atoms with van der Waals surface area (Å²) in [7, 11) is -4.46. The molecule has 134 valence electrons. The highest BCUT2D eigenvalue weighted by atomic mass is 31.2. The van der Waals surface area contributed by atoms with E-state index in [1.807, 2.05) is 0 Å². The number of nitro groups is 1. The zero-order valence-corrected chi connectivity index (χ0v) is 13.8. The van der Waals surface area contributed by atoms with Crippen molar-refractivity contribution in [1.29, 1.82) is 0 Å². The molecule has 13 heteroatoms. The number of hydrogen-bond donors (Lipinski definition) is 4. The lowest BCUT2D eigenvalue weighted by Gasteiger charge is -2.24. The topological polar surface area (TPSA) is 172 Å². The van der Waals surface area contributed by atoms with Crippen molar-refractivity contribution in [2.75, 3.05) is 11.7 Å². The number of alkyl carbamates (subject to hydrolysis) is 1. The van der Waals surface area contributed by atoms with Gasteiger partial charge in [-0.1, -0.05) is 12.1 Å². The second-order valence-corrected chi connectivity index (χ2v) is 6.64. The van der Waals surface area contributed by atoms with Gasteiger partial charge in [0.1, 0.15) is 6.33 Å². The van der Waals surface area contributed by atoms with E-state index in [0.717, 1.165) is 12.4 Å². The van der Waals surface area contributed by atoms with E-state index in [-0.39, 0.29) is 18.1 Å². The number of para-hydroxylation sites is 1. The molecule has 0 saturated carbocycles. The molecule has 1 heterocycles. The number of anilines is 1. The standard InChI is InChI=1S/C12H15N6O6P/c1-2-24-12(19)15-10(8-5-3-4-6-9(8)18(20)21)25(22,23)17-11-13-7-14-16-11/h3-7,10H,2H2,1H3,(H,15,19)(H3,13,14,16,17,22,23). The number of nitro benzene ring substituents is 1. The predicted molar refractivity (Wildman–Crippen MR) is 85.8 cm³/mol. The summed E-state index contributed by atoms with van der Waals surface area (Å²) in [6.07, 6.45) is 0.0976. The molecule has 0 aliphatic carbocycles. The van der Waals surface area contributed by atoms with Gasteiger partial charge in [-0.05, 0) is 13.0 Å². The predicted octanol–water partition coefficient (Wildman–Crippen LogP) is 1.76. The van der Waals surface area contributed by atoms with Crippen molar-refractivity contribution in [2.45, 2.75) is 12.7 Å². The van der Waals surface area contributed by atoms with Crippen LogP contribution in [0.15, 0.2) is 30.6 Å². The van der Waals surface area contributed by atoms with Gasteiger partial charge in [-0.25, -0.2) is 9.89 Å². The first kappa shape index (κ1) is 18.4. The maximum absolute atomic E-state index is 12.8. The molecule has 1 aromatic carbocycles. The van der Waals surface area contributed by atoms with Crippen molar-refractivity contribution < 1.29 is 23.9 Å². The normalized spacial score (nSPS) is 14.2. The molecular weight excluding hydrogens is 355 g/mol. The Labute approximate surface area is 141 Å². The van der Waals surface area contributed by atoms with Gasteiger partial charge in [0.05, 0.1) is 17.1 Å². The molecule has 2 aromatic rings. The Morgan fingerprint density at radius 3 is 2.84 bits per heavy atom. The van der Waals surface area contributed by atoms with E-state index in [1.165, 1.54) is 18.2 Å². The number of aromatic nitrogens is 3. The Hall–Kier alpha value is -2.98. The highest BCUT2D eigenvalue weighted by Gasteiger charge is 2.39. The Balaban J connectivity index is 2.44. The van der Waals surface area contributed by atoms with Crippen LogP contribution in [0.4, 0.5) is 16.4 Å². The summed E-state index contributed by atoms with van der Waals surface area (Å²) in [5.41, 5.74) is -0.601. The van der Waals surface area contributed by atoms with Crippen molar-refractivity contribution in [2.24, 2.45) is 0 Å². The van der Waals surface area contributed by atoms with Crippen LogP contribution in [0.5, 0.6) is 0 Å². The van der Waals surface area contributed by atoms with Crippen molar-refractivity contribution in [3.05, 3.63) is 46.3 Å². The van der Waals surface area contributed by atoms with Gasteiger partial charge in [-0.15, -0.1) is 0 Å². The number of carbonyl (C=O) groups is 1. The molecule has 0 spiro atoms. The van der Waals surface area contributed by atoms with E-state index in [1.54, 1.807) is 6.92 Å². The first-order valence-corrected chi connectivity index (χ1v) is 8.70. The van der Waals surface area contributed by atoms with E-state index in [9.17, 15) is 24.4 Å². The average Bonchev–Trinajstić information content (AvgIpc) is 3.05. The van der Waals surface area contributed by atoms with Gasteiger partial charge in [0.2, 0.25) is 5.95 Å². The van der Waals surface area contributed by atoms with Gasteiger partial charge in [0.15, 0.2) is 5.78 Å². The quantitative estimate of drug-likeness (QED) is 0.322. The van der Waals surface area contributed by atoms with E-state index in [4.69, 9.17) is 4.74 Å². The number of rotatable bonds is 7. The molecule has 0 fully saturated rings. The summed E-state index contributed by atoms with van der Waals surface area (Å²) in [5.74, 6) is -1.79. The van der Waals surface area contributed by atoms with E-state index >= 15 is 0 Å². The average molecular weight is 370 g/mol. The number of benzene rings is 1. The largest absolute Gasteiger partial charge is 0.450 e. The maximum Gasteiger partial charge on any atom is 0.408 e. The zero-order chi connectivity index (χ0) is 18.4. The van der Waals surface area contributed by atoms with Crippen LogP contribution in [-0.2, 0) is 9.30 Å². The highest BCUT2D eigenvalue weighted by Crippen LogP contribution is 2.54. The van der Waals surface area contributed by atoms with Gasteiger partial charge in [-0.3, -0.25) is 19.8 Å². The summed E-state index contributed by atoms with van der Waals surface area (Å²) in [5, 5.41) is 21.5. The number of nitrogens with zero attached hydrogens (tertiary/aromatic N) is 3. The minimum atomic E-state index is -4.46. The van der Waals surface area contributed by atoms with Crippen LogP contribution in [0, 0.1) is 10.1 Å².